The minimum atomic E-state index is -0.842. The predicted octanol–water partition coefficient (Wildman–Crippen LogP) is 2.23. The maximum absolute atomic E-state index is 11.4. The zero-order chi connectivity index (χ0) is 12.1. The van der Waals surface area contributed by atoms with Crippen molar-refractivity contribution < 1.29 is 14.6 Å². The van der Waals surface area contributed by atoms with Crippen LogP contribution in [0.1, 0.15) is 12.5 Å². The van der Waals surface area contributed by atoms with E-state index in [1.54, 1.807) is 6.08 Å². The maximum Gasteiger partial charge on any atom is 0.336 e. The Hall–Kier alpha value is -0.880. The van der Waals surface area contributed by atoms with E-state index in [4.69, 9.17) is 0 Å². The molecule has 1 rings (SSSR count). The number of halogens is 1. The number of aliphatic hydroxyl groups excluding tert-OH is 1. The average Bonchev–Trinajstić information content (AvgIpc) is 2.24. The molecule has 1 unspecified atom stereocenters. The summed E-state index contributed by atoms with van der Waals surface area (Å²) in [5.41, 5.74) is 1.12. The molecule has 0 fully saturated rings. The molecule has 0 spiro atoms. The molecule has 86 valence electrons. The van der Waals surface area contributed by atoms with Crippen molar-refractivity contribution in [3.63, 3.8) is 0 Å². The summed E-state index contributed by atoms with van der Waals surface area (Å²) in [7, 11) is 1.30. The SMILES string of the molecule is COC(=O)/C(=C\c1cccc(I)c1)C(C)O. The first kappa shape index (κ1) is 13.2. The van der Waals surface area contributed by atoms with Gasteiger partial charge in [-0.15, -0.1) is 0 Å². The monoisotopic (exact) mass is 332 g/mol. The second-order valence-electron chi connectivity index (χ2n) is 3.32. The Bertz CT molecular complexity index is 410. The van der Waals surface area contributed by atoms with Crippen LogP contribution < -0.4 is 0 Å². The highest BCUT2D eigenvalue weighted by molar-refractivity contribution is 14.1. The summed E-state index contributed by atoms with van der Waals surface area (Å²) in [5, 5.41) is 9.47. The molecule has 0 heterocycles. The molecule has 0 bridgehead atoms. The number of aliphatic hydroxyl groups is 1. The predicted molar refractivity (Wildman–Crippen MR) is 70.8 cm³/mol. The maximum atomic E-state index is 11.4. The van der Waals surface area contributed by atoms with E-state index in [2.05, 4.69) is 27.3 Å². The summed E-state index contributed by atoms with van der Waals surface area (Å²) in [6, 6.07) is 7.64. The van der Waals surface area contributed by atoms with Crippen molar-refractivity contribution in [1.82, 2.24) is 0 Å². The van der Waals surface area contributed by atoms with Crippen LogP contribution in [0.15, 0.2) is 29.8 Å². The second-order valence-corrected chi connectivity index (χ2v) is 4.57. The van der Waals surface area contributed by atoms with E-state index in [1.165, 1.54) is 14.0 Å². The van der Waals surface area contributed by atoms with Crippen LogP contribution in [0.4, 0.5) is 0 Å². The lowest BCUT2D eigenvalue weighted by atomic mass is 10.1. The van der Waals surface area contributed by atoms with Gasteiger partial charge in [-0.1, -0.05) is 12.1 Å². The van der Waals surface area contributed by atoms with Crippen molar-refractivity contribution in [1.29, 1.82) is 0 Å². The highest BCUT2D eigenvalue weighted by Gasteiger charge is 2.15. The Balaban J connectivity index is 3.07. The third-order valence-electron chi connectivity index (χ3n) is 2.04. The van der Waals surface area contributed by atoms with Gasteiger partial charge in [0.25, 0.3) is 0 Å². The van der Waals surface area contributed by atoms with Gasteiger partial charge in [0.1, 0.15) is 0 Å². The number of carbonyl (C=O) groups is 1. The first-order valence-electron chi connectivity index (χ1n) is 4.78. The van der Waals surface area contributed by atoms with Gasteiger partial charge in [-0.25, -0.2) is 4.79 Å². The van der Waals surface area contributed by atoms with Crippen molar-refractivity contribution in [2.24, 2.45) is 0 Å². The highest BCUT2D eigenvalue weighted by atomic mass is 127. The molecule has 0 aromatic heterocycles. The fourth-order valence-electron chi connectivity index (χ4n) is 1.24. The van der Waals surface area contributed by atoms with Crippen LogP contribution in [0.2, 0.25) is 0 Å². The molecular formula is C12H13IO3. The van der Waals surface area contributed by atoms with Crippen LogP contribution >= 0.6 is 22.6 Å². The number of methoxy groups -OCH3 is 1. The van der Waals surface area contributed by atoms with Gasteiger partial charge in [0.2, 0.25) is 0 Å². The Morgan fingerprint density at radius 1 is 1.56 bits per heavy atom. The Morgan fingerprint density at radius 3 is 2.75 bits per heavy atom. The molecule has 0 saturated carbocycles. The third-order valence-corrected chi connectivity index (χ3v) is 2.71. The van der Waals surface area contributed by atoms with E-state index < -0.39 is 12.1 Å². The molecule has 0 aliphatic carbocycles. The molecule has 16 heavy (non-hydrogen) atoms. The van der Waals surface area contributed by atoms with Crippen molar-refractivity contribution in [3.8, 4) is 0 Å². The largest absolute Gasteiger partial charge is 0.466 e. The lowest BCUT2D eigenvalue weighted by Crippen LogP contribution is -2.15. The molecule has 0 amide bonds. The molecule has 4 heteroatoms. The quantitative estimate of drug-likeness (QED) is 0.525. The molecule has 0 radical (unpaired) electrons. The number of hydrogen-bond acceptors (Lipinski definition) is 3. The van der Waals surface area contributed by atoms with Crippen LogP contribution in [0.3, 0.4) is 0 Å². The normalized spacial score (nSPS) is 13.4. The zero-order valence-electron chi connectivity index (χ0n) is 9.11. The van der Waals surface area contributed by atoms with Crippen molar-refractivity contribution >= 4 is 34.6 Å². The molecule has 0 aliphatic rings. The van der Waals surface area contributed by atoms with Crippen LogP contribution in [0.5, 0.6) is 0 Å². The number of hydrogen-bond donors (Lipinski definition) is 1. The minimum Gasteiger partial charge on any atom is -0.466 e. The summed E-state index contributed by atoms with van der Waals surface area (Å²) in [5.74, 6) is -0.506. The van der Waals surface area contributed by atoms with Gasteiger partial charge < -0.3 is 9.84 Å². The molecule has 0 aliphatic heterocycles. The van der Waals surface area contributed by atoms with Gasteiger partial charge in [0.15, 0.2) is 0 Å². The standard InChI is InChI=1S/C12H13IO3/c1-8(14)11(12(15)16-2)7-9-4-3-5-10(13)6-9/h3-8,14H,1-2H3/b11-7-. The van der Waals surface area contributed by atoms with E-state index in [-0.39, 0.29) is 5.57 Å². The molecule has 1 N–H and O–H groups in total. The third kappa shape index (κ3) is 3.61. The smallest absolute Gasteiger partial charge is 0.336 e. The van der Waals surface area contributed by atoms with E-state index >= 15 is 0 Å². The summed E-state index contributed by atoms with van der Waals surface area (Å²) in [6.07, 6.45) is 0.795. The highest BCUT2D eigenvalue weighted by Crippen LogP contribution is 2.14. The number of rotatable bonds is 3. The minimum absolute atomic E-state index is 0.254. The Morgan fingerprint density at radius 2 is 2.25 bits per heavy atom. The van der Waals surface area contributed by atoms with E-state index in [0.717, 1.165) is 9.13 Å². The number of esters is 1. The fourth-order valence-corrected chi connectivity index (χ4v) is 1.81. The van der Waals surface area contributed by atoms with E-state index in [1.807, 2.05) is 24.3 Å². The Kier molecular flexibility index (Phi) is 4.95. The van der Waals surface area contributed by atoms with E-state index in [0.29, 0.717) is 0 Å². The van der Waals surface area contributed by atoms with E-state index in [9.17, 15) is 9.90 Å². The van der Waals surface area contributed by atoms with Crippen LogP contribution in [0.25, 0.3) is 6.08 Å². The number of carbonyl (C=O) groups excluding carboxylic acids is 1. The molecule has 3 nitrogen and oxygen atoms in total. The summed E-state index contributed by atoms with van der Waals surface area (Å²) in [6.45, 7) is 1.54. The summed E-state index contributed by atoms with van der Waals surface area (Å²) < 4.78 is 5.68. The van der Waals surface area contributed by atoms with Gasteiger partial charge in [-0.05, 0) is 53.3 Å². The van der Waals surface area contributed by atoms with Gasteiger partial charge in [-0.2, -0.15) is 0 Å². The molecular weight excluding hydrogens is 319 g/mol. The van der Waals surface area contributed by atoms with Gasteiger partial charge in [0, 0.05) is 3.57 Å². The molecule has 1 atom stereocenters. The van der Waals surface area contributed by atoms with Gasteiger partial charge in [0.05, 0.1) is 18.8 Å². The lowest BCUT2D eigenvalue weighted by molar-refractivity contribution is -0.137. The first-order valence-corrected chi connectivity index (χ1v) is 5.86. The van der Waals surface area contributed by atoms with Crippen molar-refractivity contribution in [3.05, 3.63) is 39.0 Å². The van der Waals surface area contributed by atoms with Gasteiger partial charge in [-0.3, -0.25) is 0 Å². The fraction of sp³-hybridized carbons (Fsp3) is 0.250. The van der Waals surface area contributed by atoms with Crippen LogP contribution in [0, 0.1) is 3.57 Å². The average molecular weight is 332 g/mol. The molecule has 1 aromatic carbocycles. The molecule has 1 aromatic rings. The summed E-state index contributed by atoms with van der Waals surface area (Å²) >= 11 is 2.19. The Labute approximate surface area is 108 Å². The van der Waals surface area contributed by atoms with Crippen molar-refractivity contribution in [2.45, 2.75) is 13.0 Å². The summed E-state index contributed by atoms with van der Waals surface area (Å²) in [4.78, 5) is 11.4. The molecule has 0 saturated heterocycles. The zero-order valence-corrected chi connectivity index (χ0v) is 11.3. The van der Waals surface area contributed by atoms with Gasteiger partial charge >= 0.3 is 5.97 Å². The first-order chi connectivity index (χ1) is 7.54. The number of benzene rings is 1. The number of ether oxygens (including phenoxy) is 1. The van der Waals surface area contributed by atoms with Crippen molar-refractivity contribution in [2.75, 3.05) is 7.11 Å². The van der Waals surface area contributed by atoms with Crippen LogP contribution in [-0.2, 0) is 9.53 Å². The second kappa shape index (κ2) is 6.00. The topological polar surface area (TPSA) is 46.5 Å². The lowest BCUT2D eigenvalue weighted by Gasteiger charge is -2.08. The van der Waals surface area contributed by atoms with Crippen LogP contribution in [-0.4, -0.2) is 24.3 Å².